The standard InChI is InChI=1S/C11H10FNO2/c1-2-15-11(14)8-5-10-6-9(12)3-4-13(10)7-8/h3-7H,2H2,1H3. The highest BCUT2D eigenvalue weighted by Crippen LogP contribution is 2.12. The van der Waals surface area contributed by atoms with Gasteiger partial charge in [0, 0.05) is 17.9 Å². The summed E-state index contributed by atoms with van der Waals surface area (Å²) in [5.41, 5.74) is 1.07. The number of rotatable bonds is 2. The molecule has 2 heterocycles. The maximum atomic E-state index is 12.9. The lowest BCUT2D eigenvalue weighted by Gasteiger charge is -1.96. The first-order valence-electron chi connectivity index (χ1n) is 4.65. The Morgan fingerprint density at radius 1 is 1.53 bits per heavy atom. The van der Waals surface area contributed by atoms with E-state index < -0.39 is 0 Å². The highest BCUT2D eigenvalue weighted by Gasteiger charge is 2.09. The lowest BCUT2D eigenvalue weighted by Crippen LogP contribution is -2.02. The van der Waals surface area contributed by atoms with Gasteiger partial charge in [-0.05, 0) is 25.1 Å². The van der Waals surface area contributed by atoms with Gasteiger partial charge in [-0.15, -0.1) is 0 Å². The molecule has 4 heteroatoms. The molecule has 0 aliphatic heterocycles. The van der Waals surface area contributed by atoms with Crippen molar-refractivity contribution in [3.05, 3.63) is 42.0 Å². The third-order valence-electron chi connectivity index (χ3n) is 2.07. The van der Waals surface area contributed by atoms with Gasteiger partial charge >= 0.3 is 5.97 Å². The zero-order chi connectivity index (χ0) is 10.8. The molecule has 0 amide bonds. The molecule has 2 rings (SSSR count). The lowest BCUT2D eigenvalue weighted by molar-refractivity contribution is 0.0526. The van der Waals surface area contributed by atoms with Gasteiger partial charge in [0.05, 0.1) is 12.2 Å². The minimum atomic E-state index is -0.387. The van der Waals surface area contributed by atoms with Crippen molar-refractivity contribution in [1.29, 1.82) is 0 Å². The van der Waals surface area contributed by atoms with Crippen molar-refractivity contribution in [3.63, 3.8) is 0 Å². The van der Waals surface area contributed by atoms with Gasteiger partial charge in [-0.25, -0.2) is 9.18 Å². The lowest BCUT2D eigenvalue weighted by atomic mass is 10.3. The number of fused-ring (bicyclic) bond motifs is 1. The van der Waals surface area contributed by atoms with E-state index in [-0.39, 0.29) is 11.8 Å². The molecule has 0 unspecified atom stereocenters. The molecule has 0 atom stereocenters. The molecule has 15 heavy (non-hydrogen) atoms. The van der Waals surface area contributed by atoms with Gasteiger partial charge in [0.2, 0.25) is 0 Å². The SMILES string of the molecule is CCOC(=O)c1cc2cc(F)ccn2c1. The van der Waals surface area contributed by atoms with Crippen LogP contribution in [0.5, 0.6) is 0 Å². The molecule has 2 aromatic heterocycles. The van der Waals surface area contributed by atoms with Crippen LogP contribution >= 0.6 is 0 Å². The number of carbonyl (C=O) groups is 1. The fourth-order valence-corrected chi connectivity index (χ4v) is 1.41. The first kappa shape index (κ1) is 9.71. The van der Waals surface area contributed by atoms with Crippen LogP contribution in [0.15, 0.2) is 30.6 Å². The molecule has 0 saturated heterocycles. The molecule has 3 nitrogen and oxygen atoms in total. The van der Waals surface area contributed by atoms with E-state index in [2.05, 4.69) is 0 Å². The maximum Gasteiger partial charge on any atom is 0.339 e. The summed E-state index contributed by atoms with van der Waals surface area (Å²) in [4.78, 5) is 11.4. The highest BCUT2D eigenvalue weighted by atomic mass is 19.1. The molecule has 0 bridgehead atoms. The number of pyridine rings is 1. The molecule has 0 aliphatic carbocycles. The molecule has 2 aromatic rings. The fourth-order valence-electron chi connectivity index (χ4n) is 1.41. The van der Waals surface area contributed by atoms with Crippen molar-refractivity contribution < 1.29 is 13.9 Å². The average molecular weight is 207 g/mol. The van der Waals surface area contributed by atoms with Gasteiger partial charge in [0.15, 0.2) is 0 Å². The Morgan fingerprint density at radius 3 is 3.07 bits per heavy atom. The monoisotopic (exact) mass is 207 g/mol. The van der Waals surface area contributed by atoms with Crippen LogP contribution in [0.2, 0.25) is 0 Å². The summed E-state index contributed by atoms with van der Waals surface area (Å²) in [5, 5.41) is 0. The van der Waals surface area contributed by atoms with Crippen LogP contribution < -0.4 is 0 Å². The predicted octanol–water partition coefficient (Wildman–Crippen LogP) is 2.26. The Hall–Kier alpha value is -1.84. The molecule has 0 aromatic carbocycles. The van der Waals surface area contributed by atoms with Crippen molar-refractivity contribution in [2.24, 2.45) is 0 Å². The summed E-state index contributed by atoms with van der Waals surface area (Å²) in [5.74, 6) is -0.711. The van der Waals surface area contributed by atoms with E-state index in [1.807, 2.05) is 0 Å². The largest absolute Gasteiger partial charge is 0.462 e. The number of hydrogen-bond acceptors (Lipinski definition) is 2. The van der Waals surface area contributed by atoms with E-state index in [9.17, 15) is 9.18 Å². The highest BCUT2D eigenvalue weighted by molar-refractivity contribution is 5.91. The second-order valence-electron chi connectivity index (χ2n) is 3.13. The maximum absolute atomic E-state index is 12.9. The van der Waals surface area contributed by atoms with Gasteiger partial charge in [-0.1, -0.05) is 0 Å². The molecule has 0 spiro atoms. The van der Waals surface area contributed by atoms with Gasteiger partial charge in [-0.3, -0.25) is 0 Å². The first-order chi connectivity index (χ1) is 7.20. The van der Waals surface area contributed by atoms with Crippen molar-refractivity contribution >= 4 is 11.5 Å². The summed E-state index contributed by atoms with van der Waals surface area (Å²) < 4.78 is 19.4. The zero-order valence-electron chi connectivity index (χ0n) is 8.24. The average Bonchev–Trinajstić information content (AvgIpc) is 2.60. The van der Waals surface area contributed by atoms with Gasteiger partial charge in [0.1, 0.15) is 5.82 Å². The molecular weight excluding hydrogens is 197 g/mol. The van der Waals surface area contributed by atoms with Crippen LogP contribution in [0, 0.1) is 5.82 Å². The Bertz CT molecular complexity index is 504. The smallest absolute Gasteiger partial charge is 0.339 e. The summed E-state index contributed by atoms with van der Waals surface area (Å²) >= 11 is 0. The summed E-state index contributed by atoms with van der Waals surface area (Å²) in [7, 11) is 0. The topological polar surface area (TPSA) is 30.7 Å². The van der Waals surface area contributed by atoms with E-state index >= 15 is 0 Å². The van der Waals surface area contributed by atoms with E-state index in [4.69, 9.17) is 4.74 Å². The van der Waals surface area contributed by atoms with Crippen LogP contribution in [-0.2, 0) is 4.74 Å². The molecule has 0 fully saturated rings. The number of esters is 1. The molecule has 78 valence electrons. The zero-order valence-corrected chi connectivity index (χ0v) is 8.24. The minimum Gasteiger partial charge on any atom is -0.462 e. The van der Waals surface area contributed by atoms with E-state index in [1.54, 1.807) is 29.8 Å². The predicted molar refractivity (Wildman–Crippen MR) is 53.3 cm³/mol. The third kappa shape index (κ3) is 1.83. The number of halogens is 1. The Morgan fingerprint density at radius 2 is 2.33 bits per heavy atom. The van der Waals surface area contributed by atoms with Crippen molar-refractivity contribution in [2.45, 2.75) is 6.92 Å². The van der Waals surface area contributed by atoms with Gasteiger partial charge in [-0.2, -0.15) is 0 Å². The quantitative estimate of drug-likeness (QED) is 0.707. The number of hydrogen-bond donors (Lipinski definition) is 0. The third-order valence-corrected chi connectivity index (χ3v) is 2.07. The Kier molecular flexibility index (Phi) is 2.41. The van der Waals surface area contributed by atoms with Crippen LogP contribution in [0.1, 0.15) is 17.3 Å². The van der Waals surface area contributed by atoms with Crippen LogP contribution in [0.4, 0.5) is 4.39 Å². The van der Waals surface area contributed by atoms with Gasteiger partial charge in [0.25, 0.3) is 0 Å². The number of nitrogens with zero attached hydrogens (tertiary/aromatic N) is 1. The molecule has 0 radical (unpaired) electrons. The van der Waals surface area contributed by atoms with E-state index in [0.717, 1.165) is 0 Å². The summed E-state index contributed by atoms with van der Waals surface area (Å²) in [6.45, 7) is 2.08. The molecule has 0 aliphatic rings. The second-order valence-corrected chi connectivity index (χ2v) is 3.13. The van der Waals surface area contributed by atoms with Crippen molar-refractivity contribution in [1.82, 2.24) is 4.40 Å². The van der Waals surface area contributed by atoms with Crippen molar-refractivity contribution in [3.8, 4) is 0 Å². The van der Waals surface area contributed by atoms with Crippen LogP contribution in [-0.4, -0.2) is 17.0 Å². The molecular formula is C11H10FNO2. The minimum absolute atomic E-state index is 0.323. The number of aromatic nitrogens is 1. The van der Waals surface area contributed by atoms with Crippen molar-refractivity contribution in [2.75, 3.05) is 6.61 Å². The van der Waals surface area contributed by atoms with Crippen LogP contribution in [0.25, 0.3) is 5.52 Å². The Labute approximate surface area is 86.1 Å². The van der Waals surface area contributed by atoms with Crippen LogP contribution in [0.3, 0.4) is 0 Å². The van der Waals surface area contributed by atoms with Gasteiger partial charge < -0.3 is 9.14 Å². The number of ether oxygens (including phenoxy) is 1. The normalized spacial score (nSPS) is 10.5. The van der Waals surface area contributed by atoms with E-state index in [0.29, 0.717) is 17.7 Å². The Balaban J connectivity index is 2.42. The fraction of sp³-hybridized carbons (Fsp3) is 0.182. The second kappa shape index (κ2) is 3.73. The molecule has 0 N–H and O–H groups in total. The summed E-state index contributed by atoms with van der Waals surface area (Å²) in [6, 6.07) is 4.30. The summed E-state index contributed by atoms with van der Waals surface area (Å²) in [6.07, 6.45) is 3.18. The van der Waals surface area contributed by atoms with E-state index in [1.165, 1.54) is 12.1 Å². The molecule has 0 saturated carbocycles. The first-order valence-corrected chi connectivity index (χ1v) is 4.65. The number of carbonyl (C=O) groups excluding carboxylic acids is 1.